The standard InChI is InChI=1S/C34H45NO4/c1-38-28-15-14-25-19-27-26-20-33(22-36,16-7-3-6-11-23-9-4-2-5-10-23)31(37)32-34(26,29(25)30(28)39-32)17-18-35(27)21-24-12-8-13-24/h2,4-5,9-10,14-15,24,26-27,31-32,36-37H,3,6-8,11-13,16-22H2,1H3/t26?,27?,31-,32?,33+,34?/m0/s1. The molecule has 7 rings (SSSR count). The van der Waals surface area contributed by atoms with Crippen molar-refractivity contribution in [1.82, 2.24) is 4.90 Å². The summed E-state index contributed by atoms with van der Waals surface area (Å²) < 4.78 is 12.6. The van der Waals surface area contributed by atoms with E-state index in [0.29, 0.717) is 12.0 Å². The maximum atomic E-state index is 12.1. The van der Waals surface area contributed by atoms with Crippen LogP contribution >= 0.6 is 0 Å². The molecular weight excluding hydrogens is 486 g/mol. The van der Waals surface area contributed by atoms with Crippen LogP contribution < -0.4 is 9.47 Å². The van der Waals surface area contributed by atoms with E-state index in [1.165, 1.54) is 42.5 Å². The molecule has 2 heterocycles. The third kappa shape index (κ3) is 3.98. The molecule has 5 heteroatoms. The molecule has 3 aliphatic carbocycles. The van der Waals surface area contributed by atoms with Gasteiger partial charge in [0.1, 0.15) is 6.10 Å². The Bertz CT molecular complexity index is 1180. The number of hydrogen-bond acceptors (Lipinski definition) is 5. The van der Waals surface area contributed by atoms with Gasteiger partial charge in [0, 0.05) is 29.0 Å². The quantitative estimate of drug-likeness (QED) is 0.408. The summed E-state index contributed by atoms with van der Waals surface area (Å²) in [6.07, 6.45) is 11.3. The van der Waals surface area contributed by atoms with E-state index in [2.05, 4.69) is 47.4 Å². The van der Waals surface area contributed by atoms with Crippen LogP contribution in [0.5, 0.6) is 11.5 Å². The Morgan fingerprint density at radius 3 is 2.67 bits per heavy atom. The van der Waals surface area contributed by atoms with Crippen molar-refractivity contribution < 1.29 is 19.7 Å². The van der Waals surface area contributed by atoms with E-state index in [9.17, 15) is 10.2 Å². The van der Waals surface area contributed by atoms with Gasteiger partial charge in [-0.1, -0.05) is 55.7 Å². The maximum Gasteiger partial charge on any atom is 0.165 e. The fourth-order valence-electron chi connectivity index (χ4n) is 9.27. The molecule has 1 saturated heterocycles. The largest absolute Gasteiger partial charge is 0.493 e. The van der Waals surface area contributed by atoms with Crippen LogP contribution in [0.4, 0.5) is 0 Å². The number of likely N-dealkylation sites (tertiary alicyclic amines) is 1. The molecule has 2 N–H and O–H groups in total. The second kappa shape index (κ2) is 10.1. The van der Waals surface area contributed by atoms with Crippen LogP contribution in [0.2, 0.25) is 0 Å². The molecule has 3 fully saturated rings. The summed E-state index contributed by atoms with van der Waals surface area (Å²) >= 11 is 0. The molecule has 2 bridgehead atoms. The van der Waals surface area contributed by atoms with Crippen molar-refractivity contribution in [2.45, 2.75) is 94.3 Å². The van der Waals surface area contributed by atoms with Gasteiger partial charge < -0.3 is 19.7 Å². The highest BCUT2D eigenvalue weighted by Gasteiger charge is 2.70. The highest BCUT2D eigenvalue weighted by Crippen LogP contribution is 2.67. The molecule has 6 atom stereocenters. The summed E-state index contributed by atoms with van der Waals surface area (Å²) in [5, 5.41) is 23.1. The Labute approximate surface area is 233 Å². The Kier molecular flexibility index (Phi) is 6.68. The zero-order valence-corrected chi connectivity index (χ0v) is 23.5. The normalized spacial score (nSPS) is 34.7. The van der Waals surface area contributed by atoms with Crippen molar-refractivity contribution >= 4 is 0 Å². The number of ether oxygens (including phenoxy) is 2. The number of aryl methyl sites for hydroxylation is 1. The number of piperidine rings is 1. The van der Waals surface area contributed by atoms with Crippen molar-refractivity contribution in [2.75, 3.05) is 26.8 Å². The molecular formula is C34H45NO4. The number of benzene rings is 2. The summed E-state index contributed by atoms with van der Waals surface area (Å²) in [6, 6.07) is 15.5. The predicted molar refractivity (Wildman–Crippen MR) is 152 cm³/mol. The highest BCUT2D eigenvalue weighted by atomic mass is 16.5. The number of hydrogen-bond donors (Lipinski definition) is 2. The first kappa shape index (κ1) is 25.9. The van der Waals surface area contributed by atoms with Gasteiger partial charge in [0.2, 0.25) is 0 Å². The first-order chi connectivity index (χ1) is 19.1. The number of methoxy groups -OCH3 is 1. The number of nitrogens with zero attached hydrogens (tertiary/aromatic N) is 1. The van der Waals surface area contributed by atoms with E-state index in [-0.39, 0.29) is 18.1 Å². The van der Waals surface area contributed by atoms with Gasteiger partial charge in [-0.15, -0.1) is 0 Å². The van der Waals surface area contributed by atoms with E-state index in [4.69, 9.17) is 9.47 Å². The average molecular weight is 532 g/mol. The predicted octanol–water partition coefficient (Wildman–Crippen LogP) is 5.29. The number of aliphatic hydroxyl groups is 2. The molecule has 2 aromatic rings. The van der Waals surface area contributed by atoms with Crippen LogP contribution in [0.1, 0.15) is 74.5 Å². The molecule has 2 saturated carbocycles. The summed E-state index contributed by atoms with van der Waals surface area (Å²) in [7, 11) is 1.72. The minimum Gasteiger partial charge on any atom is -0.493 e. The van der Waals surface area contributed by atoms with Crippen LogP contribution in [0, 0.1) is 17.3 Å². The van der Waals surface area contributed by atoms with Crippen molar-refractivity contribution in [1.29, 1.82) is 0 Å². The van der Waals surface area contributed by atoms with Crippen LogP contribution in [-0.4, -0.2) is 60.2 Å². The van der Waals surface area contributed by atoms with Gasteiger partial charge in [0.05, 0.1) is 19.8 Å². The Morgan fingerprint density at radius 1 is 1.08 bits per heavy atom. The summed E-state index contributed by atoms with van der Waals surface area (Å²) in [6.45, 7) is 2.30. The van der Waals surface area contributed by atoms with Gasteiger partial charge in [0.15, 0.2) is 11.5 Å². The van der Waals surface area contributed by atoms with E-state index >= 15 is 0 Å². The van der Waals surface area contributed by atoms with Crippen LogP contribution in [0.25, 0.3) is 0 Å². The van der Waals surface area contributed by atoms with Gasteiger partial charge in [-0.05, 0) is 86.9 Å². The second-order valence-corrected chi connectivity index (χ2v) is 13.3. The Morgan fingerprint density at radius 2 is 1.92 bits per heavy atom. The first-order valence-corrected chi connectivity index (χ1v) is 15.5. The van der Waals surface area contributed by atoms with Crippen LogP contribution in [0.15, 0.2) is 42.5 Å². The van der Waals surface area contributed by atoms with Gasteiger partial charge in [-0.25, -0.2) is 0 Å². The SMILES string of the molecule is COc1ccc2c3c1OC1[C@H](O)[C@](CO)(CCCCCc4ccccc4)CC4C(C2)N(CC2CCC2)CCC341. The molecule has 0 amide bonds. The van der Waals surface area contributed by atoms with E-state index < -0.39 is 11.5 Å². The number of aliphatic hydroxyl groups excluding tert-OH is 2. The van der Waals surface area contributed by atoms with Gasteiger partial charge in [0.25, 0.3) is 0 Å². The lowest BCUT2D eigenvalue weighted by molar-refractivity contribution is -0.182. The summed E-state index contributed by atoms with van der Waals surface area (Å²) in [5.74, 6) is 2.88. The average Bonchev–Trinajstić information content (AvgIpc) is 3.28. The van der Waals surface area contributed by atoms with Crippen molar-refractivity contribution in [3.05, 3.63) is 59.2 Å². The Balaban J connectivity index is 1.17. The topological polar surface area (TPSA) is 62.2 Å². The molecule has 0 radical (unpaired) electrons. The number of unbranched alkanes of at least 4 members (excludes halogenated alkanes) is 2. The molecule has 2 aromatic carbocycles. The molecule has 4 unspecified atom stereocenters. The first-order valence-electron chi connectivity index (χ1n) is 15.5. The Hall–Kier alpha value is -2.08. The van der Waals surface area contributed by atoms with E-state index in [1.807, 2.05) is 0 Å². The summed E-state index contributed by atoms with van der Waals surface area (Å²) in [5.41, 5.74) is 3.40. The second-order valence-electron chi connectivity index (χ2n) is 13.3. The van der Waals surface area contributed by atoms with Gasteiger partial charge in [-0.2, -0.15) is 0 Å². The van der Waals surface area contributed by atoms with E-state index in [0.717, 1.165) is 75.3 Å². The van der Waals surface area contributed by atoms with Crippen molar-refractivity contribution in [2.24, 2.45) is 17.3 Å². The van der Waals surface area contributed by atoms with Gasteiger partial charge >= 0.3 is 0 Å². The fourth-order valence-corrected chi connectivity index (χ4v) is 9.27. The molecule has 210 valence electrons. The smallest absolute Gasteiger partial charge is 0.165 e. The molecule has 0 aromatic heterocycles. The zero-order valence-electron chi connectivity index (χ0n) is 23.5. The van der Waals surface area contributed by atoms with Crippen molar-refractivity contribution in [3.8, 4) is 11.5 Å². The molecule has 5 nitrogen and oxygen atoms in total. The lowest BCUT2D eigenvalue weighted by Gasteiger charge is -2.63. The van der Waals surface area contributed by atoms with Crippen molar-refractivity contribution in [3.63, 3.8) is 0 Å². The highest BCUT2D eigenvalue weighted by molar-refractivity contribution is 5.61. The fraction of sp³-hybridized carbons (Fsp3) is 0.647. The summed E-state index contributed by atoms with van der Waals surface area (Å²) in [4.78, 5) is 2.79. The zero-order chi connectivity index (χ0) is 26.6. The van der Waals surface area contributed by atoms with Crippen LogP contribution in [-0.2, 0) is 18.3 Å². The monoisotopic (exact) mass is 531 g/mol. The lowest BCUT2D eigenvalue weighted by Crippen LogP contribution is -2.71. The molecule has 2 aliphatic heterocycles. The number of rotatable bonds is 10. The lowest BCUT2D eigenvalue weighted by atomic mass is 9.46. The maximum absolute atomic E-state index is 12.1. The minimum absolute atomic E-state index is 0.0228. The third-order valence-electron chi connectivity index (χ3n) is 11.5. The molecule has 5 aliphatic rings. The van der Waals surface area contributed by atoms with Crippen LogP contribution in [0.3, 0.4) is 0 Å². The molecule has 39 heavy (non-hydrogen) atoms. The van der Waals surface area contributed by atoms with E-state index in [1.54, 1.807) is 7.11 Å². The minimum atomic E-state index is -0.685. The third-order valence-corrected chi connectivity index (χ3v) is 11.5. The van der Waals surface area contributed by atoms with Gasteiger partial charge in [-0.3, -0.25) is 4.90 Å². The molecule has 1 spiro atoms.